The molecule has 72 valence electrons. The fourth-order valence-electron chi connectivity index (χ4n) is 0.849. The van der Waals surface area contributed by atoms with Crippen molar-refractivity contribution in [3.05, 3.63) is 27.9 Å². The molecule has 1 aromatic heterocycles. The number of terminal acetylenes is 1. The van der Waals surface area contributed by atoms with Crippen molar-refractivity contribution in [2.45, 2.75) is 0 Å². The number of rotatable bonds is 3. The van der Waals surface area contributed by atoms with Gasteiger partial charge in [-0.15, -0.1) is 6.42 Å². The molecule has 1 aromatic rings. The van der Waals surface area contributed by atoms with Gasteiger partial charge in [0.05, 0.1) is 6.54 Å². The Kier molecular flexibility index (Phi) is 2.86. The first kappa shape index (κ1) is 9.80. The summed E-state index contributed by atoms with van der Waals surface area (Å²) in [5.41, 5.74) is 0.118. The number of aromatic nitrogens is 1. The van der Waals surface area contributed by atoms with Crippen LogP contribution in [0.15, 0.2) is 12.1 Å². The third-order valence-corrected chi connectivity index (χ3v) is 1.46. The number of nitrogens with one attached hydrogen (secondary N) is 2. The average molecular weight is 193 g/mol. The topological polar surface area (TPSA) is 88.0 Å². The summed E-state index contributed by atoms with van der Waals surface area (Å²) < 4.78 is 0. The highest BCUT2D eigenvalue weighted by Crippen LogP contribution is 2.09. The van der Waals surface area contributed by atoms with Crippen molar-refractivity contribution < 1.29 is 9.72 Å². The van der Waals surface area contributed by atoms with Crippen molar-refractivity contribution in [2.75, 3.05) is 6.54 Å². The molecule has 0 bridgehead atoms. The van der Waals surface area contributed by atoms with Gasteiger partial charge in [0.25, 0.3) is 5.91 Å². The van der Waals surface area contributed by atoms with E-state index in [-0.39, 0.29) is 18.1 Å². The van der Waals surface area contributed by atoms with Crippen molar-refractivity contribution >= 4 is 11.7 Å². The van der Waals surface area contributed by atoms with Crippen LogP contribution in [0.2, 0.25) is 0 Å². The molecular formula is C8H7N3O3. The second kappa shape index (κ2) is 4.09. The van der Waals surface area contributed by atoms with E-state index in [0.29, 0.717) is 0 Å². The Labute approximate surface area is 79.5 Å². The fraction of sp³-hybridized carbons (Fsp3) is 0.125. The normalized spacial score (nSPS) is 9.07. The number of hydrogen-bond acceptors (Lipinski definition) is 3. The summed E-state index contributed by atoms with van der Waals surface area (Å²) in [5, 5.41) is 12.6. The third kappa shape index (κ3) is 2.10. The molecule has 0 saturated carbocycles. The highest BCUT2D eigenvalue weighted by Gasteiger charge is 2.13. The lowest BCUT2D eigenvalue weighted by atomic mass is 10.4. The number of carbonyl (C=O) groups is 1. The van der Waals surface area contributed by atoms with E-state index in [1.807, 2.05) is 0 Å². The Bertz CT molecular complexity index is 402. The molecule has 0 aliphatic heterocycles. The van der Waals surface area contributed by atoms with Gasteiger partial charge in [-0.05, 0) is 11.0 Å². The quantitative estimate of drug-likeness (QED) is 0.410. The predicted molar refractivity (Wildman–Crippen MR) is 48.6 cm³/mol. The van der Waals surface area contributed by atoms with Gasteiger partial charge < -0.3 is 15.4 Å². The zero-order valence-electron chi connectivity index (χ0n) is 7.11. The minimum Gasteiger partial charge on any atom is -0.358 e. The summed E-state index contributed by atoms with van der Waals surface area (Å²) >= 11 is 0. The Balaban J connectivity index is 2.72. The zero-order valence-corrected chi connectivity index (χ0v) is 7.11. The first-order valence-corrected chi connectivity index (χ1v) is 3.70. The number of nitro groups is 1. The maximum Gasteiger partial charge on any atom is 0.321 e. The number of carbonyl (C=O) groups excluding carboxylic acids is 1. The Hall–Kier alpha value is -2.29. The van der Waals surface area contributed by atoms with E-state index in [2.05, 4.69) is 16.2 Å². The molecule has 0 radical (unpaired) electrons. The standard InChI is InChI=1S/C8H7N3O3/c1-2-5-9-8(12)6-3-4-7(10-6)11(13)14/h1,3-4,10H,5H2,(H,9,12). The van der Waals surface area contributed by atoms with Crippen molar-refractivity contribution in [3.8, 4) is 12.3 Å². The minimum atomic E-state index is -0.613. The monoisotopic (exact) mass is 193 g/mol. The number of hydrogen-bond donors (Lipinski definition) is 2. The maximum absolute atomic E-state index is 11.2. The molecule has 0 spiro atoms. The van der Waals surface area contributed by atoms with Crippen LogP contribution in [0, 0.1) is 22.5 Å². The highest BCUT2D eigenvalue weighted by atomic mass is 16.6. The van der Waals surface area contributed by atoms with Gasteiger partial charge in [0.2, 0.25) is 0 Å². The second-order valence-corrected chi connectivity index (χ2v) is 2.40. The molecule has 6 heteroatoms. The molecule has 1 heterocycles. The predicted octanol–water partition coefficient (Wildman–Crippen LogP) is 0.286. The summed E-state index contributed by atoms with van der Waals surface area (Å²) in [6, 6.07) is 2.54. The van der Waals surface area contributed by atoms with E-state index < -0.39 is 10.8 Å². The Morgan fingerprint density at radius 2 is 2.43 bits per heavy atom. The van der Waals surface area contributed by atoms with Crippen molar-refractivity contribution in [3.63, 3.8) is 0 Å². The van der Waals surface area contributed by atoms with Crippen LogP contribution in [0.4, 0.5) is 5.82 Å². The molecule has 0 aliphatic rings. The molecule has 0 fully saturated rings. The largest absolute Gasteiger partial charge is 0.358 e. The van der Waals surface area contributed by atoms with Gasteiger partial charge in [0, 0.05) is 6.07 Å². The molecule has 0 aliphatic carbocycles. The van der Waals surface area contributed by atoms with Crippen LogP contribution in [0.5, 0.6) is 0 Å². The summed E-state index contributed by atoms with van der Waals surface area (Å²) in [6.07, 6.45) is 4.93. The van der Waals surface area contributed by atoms with Gasteiger partial charge in [-0.2, -0.15) is 0 Å². The Morgan fingerprint density at radius 1 is 1.71 bits per heavy atom. The van der Waals surface area contributed by atoms with Gasteiger partial charge in [0.1, 0.15) is 0 Å². The number of amides is 1. The molecule has 2 N–H and O–H groups in total. The van der Waals surface area contributed by atoms with E-state index in [1.165, 1.54) is 12.1 Å². The first-order valence-electron chi connectivity index (χ1n) is 3.70. The second-order valence-electron chi connectivity index (χ2n) is 2.40. The van der Waals surface area contributed by atoms with Crippen LogP contribution >= 0.6 is 0 Å². The maximum atomic E-state index is 11.2. The van der Waals surface area contributed by atoms with Crippen molar-refractivity contribution in [1.82, 2.24) is 10.3 Å². The van der Waals surface area contributed by atoms with E-state index in [0.717, 1.165) is 0 Å². The van der Waals surface area contributed by atoms with Crippen LogP contribution in [0.25, 0.3) is 0 Å². The van der Waals surface area contributed by atoms with Gasteiger partial charge in [0.15, 0.2) is 5.69 Å². The van der Waals surface area contributed by atoms with Crippen molar-refractivity contribution in [1.29, 1.82) is 0 Å². The van der Waals surface area contributed by atoms with Crippen LogP contribution in [-0.4, -0.2) is 22.4 Å². The average Bonchev–Trinajstić information content (AvgIpc) is 2.62. The summed E-state index contributed by atoms with van der Waals surface area (Å²) in [5.74, 6) is 1.53. The minimum absolute atomic E-state index is 0.0889. The molecule has 0 saturated heterocycles. The van der Waals surface area contributed by atoms with Crippen LogP contribution in [0.1, 0.15) is 10.5 Å². The molecule has 0 aromatic carbocycles. The molecule has 0 atom stereocenters. The van der Waals surface area contributed by atoms with Gasteiger partial charge in [-0.1, -0.05) is 5.92 Å². The highest BCUT2D eigenvalue weighted by molar-refractivity contribution is 5.92. The Morgan fingerprint density at radius 3 is 2.93 bits per heavy atom. The molecule has 6 nitrogen and oxygen atoms in total. The molecule has 0 unspecified atom stereocenters. The molecule has 1 amide bonds. The summed E-state index contributed by atoms with van der Waals surface area (Å²) in [6.45, 7) is 0.0889. The van der Waals surface area contributed by atoms with Gasteiger partial charge in [-0.3, -0.25) is 4.79 Å². The molecule has 14 heavy (non-hydrogen) atoms. The van der Waals surface area contributed by atoms with E-state index >= 15 is 0 Å². The summed E-state index contributed by atoms with van der Waals surface area (Å²) in [7, 11) is 0. The number of H-pyrrole nitrogens is 1. The lowest BCUT2D eigenvalue weighted by Gasteiger charge is -1.94. The SMILES string of the molecule is C#CCNC(=O)c1ccc([N+](=O)[O-])[nH]1. The summed E-state index contributed by atoms with van der Waals surface area (Å²) in [4.78, 5) is 23.2. The molecule has 1 rings (SSSR count). The van der Waals surface area contributed by atoms with Gasteiger partial charge in [-0.25, -0.2) is 4.98 Å². The van der Waals surface area contributed by atoms with E-state index in [1.54, 1.807) is 0 Å². The smallest absolute Gasteiger partial charge is 0.321 e. The number of aromatic amines is 1. The van der Waals surface area contributed by atoms with Crippen LogP contribution in [-0.2, 0) is 0 Å². The lowest BCUT2D eigenvalue weighted by molar-refractivity contribution is -0.389. The van der Waals surface area contributed by atoms with Crippen LogP contribution in [0.3, 0.4) is 0 Å². The van der Waals surface area contributed by atoms with E-state index in [4.69, 9.17) is 6.42 Å². The first-order chi connectivity index (χ1) is 6.65. The lowest BCUT2D eigenvalue weighted by Crippen LogP contribution is -2.23. The van der Waals surface area contributed by atoms with Gasteiger partial charge >= 0.3 is 5.82 Å². The number of nitrogens with zero attached hydrogens (tertiary/aromatic N) is 1. The van der Waals surface area contributed by atoms with E-state index in [9.17, 15) is 14.9 Å². The molecular weight excluding hydrogens is 186 g/mol. The zero-order chi connectivity index (χ0) is 10.6. The van der Waals surface area contributed by atoms with Crippen LogP contribution < -0.4 is 5.32 Å². The third-order valence-electron chi connectivity index (χ3n) is 1.46. The van der Waals surface area contributed by atoms with Crippen molar-refractivity contribution in [2.24, 2.45) is 0 Å². The fourth-order valence-corrected chi connectivity index (χ4v) is 0.849.